The molecule has 0 saturated heterocycles. The van der Waals surface area contributed by atoms with Crippen LogP contribution in [0, 0.1) is 0 Å². The van der Waals surface area contributed by atoms with Gasteiger partial charge in [-0.3, -0.25) is 4.79 Å². The summed E-state index contributed by atoms with van der Waals surface area (Å²) >= 11 is 17.8. The van der Waals surface area contributed by atoms with E-state index in [4.69, 9.17) is 34.8 Å². The van der Waals surface area contributed by atoms with Crippen molar-refractivity contribution in [3.63, 3.8) is 0 Å². The van der Waals surface area contributed by atoms with Crippen molar-refractivity contribution >= 4 is 57.3 Å². The summed E-state index contributed by atoms with van der Waals surface area (Å²) in [5.41, 5.74) is 0.877. The Morgan fingerprint density at radius 1 is 1.04 bits per heavy atom. The fourth-order valence-corrected chi connectivity index (χ4v) is 2.71. The average Bonchev–Trinajstić information content (AvgIpc) is 2.82. The number of carbonyl (C=O) groups is 1. The van der Waals surface area contributed by atoms with E-state index in [1.807, 2.05) is 0 Å². The molecule has 3 rings (SSSR count). The second-order valence-electron chi connectivity index (χ2n) is 4.64. The maximum atomic E-state index is 12.0. The summed E-state index contributed by atoms with van der Waals surface area (Å²) in [6.07, 6.45) is 0. The highest BCUT2D eigenvalue weighted by Crippen LogP contribution is 2.40. The normalized spacial score (nSPS) is 11.4. The predicted octanol–water partition coefficient (Wildman–Crippen LogP) is 5.76. The summed E-state index contributed by atoms with van der Waals surface area (Å²) in [5, 5.41) is 19.0. The highest BCUT2D eigenvalue weighted by Gasteiger charge is 2.14. The third-order valence-corrected chi connectivity index (χ3v) is 3.88. The molecule has 3 aromatic rings. The quantitative estimate of drug-likeness (QED) is 0.564. The van der Waals surface area contributed by atoms with Crippen LogP contribution in [0.4, 0.5) is 5.69 Å². The number of amides is 1. The molecule has 0 fully saturated rings. The summed E-state index contributed by atoms with van der Waals surface area (Å²) in [5.74, 6) is -0.819. The molecule has 5 nitrogen and oxygen atoms in total. The smallest absolute Gasteiger partial charge is 0.295 e. The molecular weight excluding hydrogens is 361 g/mol. The first kappa shape index (κ1) is 15.8. The lowest BCUT2D eigenvalue weighted by Crippen LogP contribution is -1.92. The van der Waals surface area contributed by atoms with Crippen molar-refractivity contribution in [3.8, 4) is 5.88 Å². The van der Waals surface area contributed by atoms with Crippen LogP contribution in [0.25, 0.3) is 10.9 Å². The van der Waals surface area contributed by atoms with Gasteiger partial charge in [0.25, 0.3) is 5.91 Å². The Kier molecular flexibility index (Phi) is 4.26. The number of nitrogens with zero attached hydrogens (tertiary/aromatic N) is 2. The zero-order valence-corrected chi connectivity index (χ0v) is 13.6. The minimum absolute atomic E-state index is 0.0895. The first-order valence-corrected chi connectivity index (χ1v) is 7.50. The van der Waals surface area contributed by atoms with Crippen LogP contribution >= 0.6 is 34.8 Å². The van der Waals surface area contributed by atoms with Crippen molar-refractivity contribution in [2.75, 3.05) is 0 Å². The Bertz CT molecular complexity index is 933. The van der Waals surface area contributed by atoms with Crippen molar-refractivity contribution < 1.29 is 9.90 Å². The molecule has 0 spiro atoms. The fraction of sp³-hybridized carbons (Fsp3) is 0. The lowest BCUT2D eigenvalue weighted by Gasteiger charge is -1.96. The molecule has 0 radical (unpaired) electrons. The van der Waals surface area contributed by atoms with Gasteiger partial charge < -0.3 is 10.1 Å². The van der Waals surface area contributed by atoms with Gasteiger partial charge in [0, 0.05) is 21.0 Å². The molecule has 0 atom stereocenters. The topological polar surface area (TPSA) is 77.8 Å². The first-order valence-electron chi connectivity index (χ1n) is 6.37. The van der Waals surface area contributed by atoms with Crippen LogP contribution in [0.5, 0.6) is 5.88 Å². The third kappa shape index (κ3) is 3.17. The van der Waals surface area contributed by atoms with E-state index in [9.17, 15) is 9.90 Å². The summed E-state index contributed by atoms with van der Waals surface area (Å²) in [6, 6.07) is 9.32. The Labute approximate surface area is 145 Å². The number of carbonyl (C=O) groups excluding carboxylic acids is 1. The Hall–Kier alpha value is -2.08. The summed E-state index contributed by atoms with van der Waals surface area (Å²) < 4.78 is 0. The van der Waals surface area contributed by atoms with E-state index in [0.717, 1.165) is 0 Å². The van der Waals surface area contributed by atoms with Crippen LogP contribution < -0.4 is 0 Å². The van der Waals surface area contributed by atoms with Crippen LogP contribution in [-0.2, 0) is 0 Å². The maximum Gasteiger partial charge on any atom is 0.295 e. The third-order valence-electron chi connectivity index (χ3n) is 3.11. The fourth-order valence-electron chi connectivity index (χ4n) is 2.04. The number of aromatic amines is 1. The number of aromatic nitrogens is 1. The Morgan fingerprint density at radius 3 is 2.43 bits per heavy atom. The van der Waals surface area contributed by atoms with E-state index < -0.39 is 5.91 Å². The van der Waals surface area contributed by atoms with E-state index in [2.05, 4.69) is 15.2 Å². The Balaban J connectivity index is 1.99. The van der Waals surface area contributed by atoms with Gasteiger partial charge in [0.05, 0.1) is 10.5 Å². The minimum atomic E-state index is -0.566. The van der Waals surface area contributed by atoms with Gasteiger partial charge in [-0.25, -0.2) is 0 Å². The lowest BCUT2D eigenvalue weighted by molar-refractivity contribution is 0.0995. The second kappa shape index (κ2) is 6.20. The van der Waals surface area contributed by atoms with E-state index in [-0.39, 0.29) is 11.6 Å². The number of fused-ring (bicyclic) bond motifs is 1. The molecule has 1 aromatic heterocycles. The molecule has 0 aliphatic rings. The SMILES string of the molecule is O=C(N=Nc1c(O)[nH]c2c(Cl)cc(Cl)cc12)c1ccc(Cl)cc1. The van der Waals surface area contributed by atoms with Crippen molar-refractivity contribution in [2.45, 2.75) is 0 Å². The first-order chi connectivity index (χ1) is 11.0. The predicted molar refractivity (Wildman–Crippen MR) is 90.3 cm³/mol. The van der Waals surface area contributed by atoms with Crippen molar-refractivity contribution in [1.82, 2.24) is 4.98 Å². The number of H-pyrrole nitrogens is 1. The van der Waals surface area contributed by atoms with Crippen molar-refractivity contribution in [2.24, 2.45) is 10.2 Å². The molecule has 0 unspecified atom stereocenters. The van der Waals surface area contributed by atoms with Gasteiger partial charge in [-0.2, -0.15) is 0 Å². The van der Waals surface area contributed by atoms with Gasteiger partial charge in [-0.15, -0.1) is 10.2 Å². The number of nitrogens with one attached hydrogen (secondary N) is 1. The summed E-state index contributed by atoms with van der Waals surface area (Å²) in [4.78, 5) is 14.7. The number of hydrogen-bond acceptors (Lipinski definition) is 3. The minimum Gasteiger partial charge on any atom is -0.493 e. The van der Waals surface area contributed by atoms with Crippen LogP contribution in [0.3, 0.4) is 0 Å². The van der Waals surface area contributed by atoms with Gasteiger partial charge in [-0.1, -0.05) is 34.8 Å². The number of halogens is 3. The summed E-state index contributed by atoms with van der Waals surface area (Å²) in [6.45, 7) is 0. The van der Waals surface area contributed by atoms with Gasteiger partial charge in [-0.05, 0) is 36.4 Å². The van der Waals surface area contributed by atoms with E-state index >= 15 is 0 Å². The molecule has 116 valence electrons. The number of azo groups is 1. The number of benzene rings is 2. The standard InChI is InChI=1S/C15H8Cl3N3O2/c16-8-3-1-7(2-4-8)14(22)21-20-13-10-5-9(17)6-11(18)12(10)19-15(13)23/h1-6,19,23H. The molecule has 0 aliphatic heterocycles. The molecule has 1 amide bonds. The number of aromatic hydroxyl groups is 1. The second-order valence-corrected chi connectivity index (χ2v) is 5.92. The molecule has 0 bridgehead atoms. The highest BCUT2D eigenvalue weighted by atomic mass is 35.5. The van der Waals surface area contributed by atoms with Gasteiger partial charge in [0.1, 0.15) is 0 Å². The number of hydrogen-bond donors (Lipinski definition) is 2. The molecule has 2 N–H and O–H groups in total. The van der Waals surface area contributed by atoms with Crippen LogP contribution in [0.2, 0.25) is 15.1 Å². The molecular formula is C15H8Cl3N3O2. The van der Waals surface area contributed by atoms with Crippen molar-refractivity contribution in [1.29, 1.82) is 0 Å². The molecule has 23 heavy (non-hydrogen) atoms. The zero-order chi connectivity index (χ0) is 16.6. The molecule has 0 aliphatic carbocycles. The van der Waals surface area contributed by atoms with Crippen LogP contribution in [0.15, 0.2) is 46.6 Å². The van der Waals surface area contributed by atoms with E-state index in [0.29, 0.717) is 31.5 Å². The largest absolute Gasteiger partial charge is 0.493 e. The highest BCUT2D eigenvalue weighted by molar-refractivity contribution is 6.38. The lowest BCUT2D eigenvalue weighted by atomic mass is 10.2. The number of rotatable bonds is 2. The zero-order valence-electron chi connectivity index (χ0n) is 11.3. The maximum absolute atomic E-state index is 12.0. The van der Waals surface area contributed by atoms with E-state index in [1.54, 1.807) is 18.2 Å². The van der Waals surface area contributed by atoms with Gasteiger partial charge >= 0.3 is 0 Å². The Morgan fingerprint density at radius 2 is 1.74 bits per heavy atom. The molecule has 2 aromatic carbocycles. The molecule has 0 saturated carbocycles. The van der Waals surface area contributed by atoms with Gasteiger partial charge in [0.2, 0.25) is 5.88 Å². The van der Waals surface area contributed by atoms with Crippen LogP contribution in [-0.4, -0.2) is 16.0 Å². The van der Waals surface area contributed by atoms with E-state index in [1.165, 1.54) is 18.2 Å². The van der Waals surface area contributed by atoms with Crippen molar-refractivity contribution in [3.05, 3.63) is 57.0 Å². The average molecular weight is 369 g/mol. The molecule has 8 heteroatoms. The van der Waals surface area contributed by atoms with Gasteiger partial charge in [0.15, 0.2) is 5.69 Å². The monoisotopic (exact) mass is 367 g/mol. The summed E-state index contributed by atoms with van der Waals surface area (Å²) in [7, 11) is 0. The van der Waals surface area contributed by atoms with Crippen LogP contribution in [0.1, 0.15) is 10.4 Å². The molecule has 1 heterocycles.